The maximum Gasteiger partial charge on any atom is 0.336 e. The third kappa shape index (κ3) is 3.09. The number of likely N-dealkylation sites (tertiary alicyclic amines) is 1. The van der Waals surface area contributed by atoms with Gasteiger partial charge in [-0.1, -0.05) is 6.92 Å². The minimum atomic E-state index is -0.339. The van der Waals surface area contributed by atoms with Crippen molar-refractivity contribution >= 4 is 16.9 Å². The third-order valence-corrected chi connectivity index (χ3v) is 4.31. The highest BCUT2D eigenvalue weighted by Gasteiger charge is 2.27. The first-order valence-electron chi connectivity index (χ1n) is 7.92. The number of fused-ring (bicyclic) bond motifs is 1. The summed E-state index contributed by atoms with van der Waals surface area (Å²) in [5.74, 6) is 1.08. The van der Waals surface area contributed by atoms with Crippen molar-refractivity contribution in [2.75, 3.05) is 20.2 Å². The number of aryl methyl sites for hydroxylation is 2. The van der Waals surface area contributed by atoms with E-state index in [2.05, 4.69) is 0 Å². The summed E-state index contributed by atoms with van der Waals surface area (Å²) in [5.41, 5.74) is 2.12. The van der Waals surface area contributed by atoms with Gasteiger partial charge in [-0.2, -0.15) is 0 Å². The van der Waals surface area contributed by atoms with E-state index >= 15 is 0 Å². The molecule has 0 N–H and O–H groups in total. The zero-order valence-electron chi connectivity index (χ0n) is 13.7. The molecule has 1 unspecified atom stereocenters. The van der Waals surface area contributed by atoms with Gasteiger partial charge < -0.3 is 14.1 Å². The Morgan fingerprint density at radius 2 is 2.09 bits per heavy atom. The number of benzene rings is 1. The van der Waals surface area contributed by atoms with Gasteiger partial charge in [-0.25, -0.2) is 4.79 Å². The quantitative estimate of drug-likeness (QED) is 0.814. The van der Waals surface area contributed by atoms with E-state index in [1.165, 1.54) is 6.07 Å². The molecule has 0 spiro atoms. The van der Waals surface area contributed by atoms with Gasteiger partial charge in [0, 0.05) is 32.0 Å². The van der Waals surface area contributed by atoms with Crippen LogP contribution in [0, 0.1) is 12.8 Å². The van der Waals surface area contributed by atoms with Crippen LogP contribution in [0.25, 0.3) is 11.0 Å². The van der Waals surface area contributed by atoms with Crippen molar-refractivity contribution in [1.29, 1.82) is 0 Å². The Balaban J connectivity index is 1.93. The first-order chi connectivity index (χ1) is 11.0. The van der Waals surface area contributed by atoms with Crippen LogP contribution in [-0.4, -0.2) is 31.0 Å². The highest BCUT2D eigenvalue weighted by Crippen LogP contribution is 2.31. The highest BCUT2D eigenvalue weighted by molar-refractivity contribution is 5.87. The molecule has 2 heterocycles. The van der Waals surface area contributed by atoms with Gasteiger partial charge in [0.2, 0.25) is 5.91 Å². The number of ether oxygens (including phenoxy) is 1. The molecule has 0 radical (unpaired) electrons. The molecule has 0 aliphatic carbocycles. The Hall–Kier alpha value is -2.30. The van der Waals surface area contributed by atoms with E-state index < -0.39 is 0 Å². The molecule has 3 rings (SSSR count). The molecule has 1 aromatic carbocycles. The Morgan fingerprint density at radius 1 is 1.30 bits per heavy atom. The fourth-order valence-corrected chi connectivity index (χ4v) is 3.14. The molecule has 1 aromatic heterocycles. The average Bonchev–Trinajstić information content (AvgIpc) is 2.82. The van der Waals surface area contributed by atoms with Crippen molar-refractivity contribution in [3.05, 3.63) is 39.7 Å². The number of nitrogens with zero attached hydrogens (tertiary/aromatic N) is 1. The second-order valence-electron chi connectivity index (χ2n) is 6.24. The fourth-order valence-electron chi connectivity index (χ4n) is 3.14. The van der Waals surface area contributed by atoms with Gasteiger partial charge in [0.25, 0.3) is 0 Å². The minimum absolute atomic E-state index is 0.160. The van der Waals surface area contributed by atoms with Gasteiger partial charge in [0.05, 0.1) is 12.0 Å². The molecular weight excluding hydrogens is 294 g/mol. The molecule has 1 aliphatic heterocycles. The summed E-state index contributed by atoms with van der Waals surface area (Å²) < 4.78 is 11.4. The number of amides is 1. The molecule has 0 saturated carbocycles. The van der Waals surface area contributed by atoms with E-state index in [1.54, 1.807) is 4.90 Å². The summed E-state index contributed by atoms with van der Waals surface area (Å²) in [6.07, 6.45) is 1.25. The van der Waals surface area contributed by atoms with E-state index in [0.29, 0.717) is 18.6 Å². The Bertz CT molecular complexity index is 809. The number of carbonyl (C=O) groups is 1. The first kappa shape index (κ1) is 15.6. The molecule has 23 heavy (non-hydrogen) atoms. The van der Waals surface area contributed by atoms with Gasteiger partial charge >= 0.3 is 5.63 Å². The van der Waals surface area contributed by atoms with Crippen LogP contribution in [0.5, 0.6) is 5.75 Å². The fraction of sp³-hybridized carbons (Fsp3) is 0.444. The van der Waals surface area contributed by atoms with Crippen molar-refractivity contribution in [2.45, 2.75) is 26.7 Å². The number of rotatable bonds is 4. The van der Waals surface area contributed by atoms with Crippen LogP contribution in [0.1, 0.15) is 24.5 Å². The van der Waals surface area contributed by atoms with Gasteiger partial charge in [-0.15, -0.1) is 0 Å². The number of carbonyl (C=O) groups excluding carboxylic acids is 1. The van der Waals surface area contributed by atoms with Gasteiger partial charge in [0.1, 0.15) is 11.3 Å². The Kier molecular flexibility index (Phi) is 4.11. The van der Waals surface area contributed by atoms with Crippen molar-refractivity contribution in [1.82, 2.24) is 4.90 Å². The summed E-state index contributed by atoms with van der Waals surface area (Å²) in [7, 11) is 1.81. The van der Waals surface area contributed by atoms with Gasteiger partial charge in [-0.3, -0.25) is 4.79 Å². The van der Waals surface area contributed by atoms with E-state index in [0.717, 1.165) is 35.2 Å². The molecule has 5 heteroatoms. The monoisotopic (exact) mass is 315 g/mol. The summed E-state index contributed by atoms with van der Waals surface area (Å²) in [4.78, 5) is 25.0. The Labute approximate surface area is 134 Å². The van der Waals surface area contributed by atoms with Gasteiger partial charge in [0.15, 0.2) is 0 Å². The summed E-state index contributed by atoms with van der Waals surface area (Å²) in [5, 5.41) is 0.857. The van der Waals surface area contributed by atoms with Crippen molar-refractivity contribution in [3.8, 4) is 5.75 Å². The van der Waals surface area contributed by atoms with Crippen LogP contribution in [0.4, 0.5) is 0 Å². The predicted molar refractivity (Wildman–Crippen MR) is 87.8 cm³/mol. The lowest BCUT2D eigenvalue weighted by atomic mass is 10.0. The first-order valence-corrected chi connectivity index (χ1v) is 7.92. The maximum absolute atomic E-state index is 11.7. The van der Waals surface area contributed by atoms with Crippen molar-refractivity contribution in [2.24, 2.45) is 5.92 Å². The molecule has 1 aliphatic rings. The van der Waals surface area contributed by atoms with Crippen molar-refractivity contribution in [3.63, 3.8) is 0 Å². The molecule has 1 saturated heterocycles. The number of hydrogen-bond donors (Lipinski definition) is 0. The van der Waals surface area contributed by atoms with Crippen LogP contribution in [0.3, 0.4) is 0 Å². The van der Waals surface area contributed by atoms with Crippen molar-refractivity contribution < 1.29 is 13.9 Å². The lowest BCUT2D eigenvalue weighted by molar-refractivity contribution is -0.126. The molecular formula is C18H21NO4. The van der Waals surface area contributed by atoms with E-state index in [9.17, 15) is 9.59 Å². The van der Waals surface area contributed by atoms with Crippen LogP contribution in [0.2, 0.25) is 0 Å². The zero-order chi connectivity index (χ0) is 16.6. The SMILES string of the molecule is CCc1cc(=O)oc2cc(C)cc(OCC3CC(=O)N(C)C3)c12. The second-order valence-corrected chi connectivity index (χ2v) is 6.24. The molecule has 1 atom stereocenters. The average molecular weight is 315 g/mol. The van der Waals surface area contributed by atoms with E-state index in [-0.39, 0.29) is 17.5 Å². The molecule has 0 bridgehead atoms. The summed E-state index contributed by atoms with van der Waals surface area (Å²) in [6, 6.07) is 5.34. The second kappa shape index (κ2) is 6.07. The predicted octanol–water partition coefficient (Wildman–Crippen LogP) is 2.52. The summed E-state index contributed by atoms with van der Waals surface area (Å²) in [6.45, 7) is 5.15. The third-order valence-electron chi connectivity index (χ3n) is 4.31. The topological polar surface area (TPSA) is 59.8 Å². The lowest BCUT2D eigenvalue weighted by Crippen LogP contribution is -2.20. The van der Waals surface area contributed by atoms with Crippen LogP contribution in [-0.2, 0) is 11.2 Å². The maximum atomic E-state index is 11.7. The van der Waals surface area contributed by atoms with Gasteiger partial charge in [-0.05, 0) is 36.6 Å². The van der Waals surface area contributed by atoms with Crippen LogP contribution >= 0.6 is 0 Å². The minimum Gasteiger partial charge on any atom is -0.492 e. The standard InChI is InChI=1S/C18H21NO4/c1-4-13-8-17(21)23-15-6-11(2)5-14(18(13)15)22-10-12-7-16(20)19(3)9-12/h5-6,8,12H,4,7,9-10H2,1-3H3. The van der Waals surface area contributed by atoms with Crippen LogP contribution < -0.4 is 10.4 Å². The van der Waals surface area contributed by atoms with Crippen LogP contribution in [0.15, 0.2) is 27.4 Å². The molecule has 5 nitrogen and oxygen atoms in total. The highest BCUT2D eigenvalue weighted by atomic mass is 16.5. The Morgan fingerprint density at radius 3 is 2.74 bits per heavy atom. The molecule has 2 aromatic rings. The molecule has 1 fully saturated rings. The summed E-state index contributed by atoms with van der Waals surface area (Å²) >= 11 is 0. The number of hydrogen-bond acceptors (Lipinski definition) is 4. The normalized spacial score (nSPS) is 18.0. The molecule has 122 valence electrons. The lowest BCUT2D eigenvalue weighted by Gasteiger charge is -2.15. The largest absolute Gasteiger partial charge is 0.492 e. The van der Waals surface area contributed by atoms with E-state index in [4.69, 9.17) is 9.15 Å². The smallest absolute Gasteiger partial charge is 0.336 e. The zero-order valence-corrected chi connectivity index (χ0v) is 13.7. The van der Waals surface area contributed by atoms with E-state index in [1.807, 2.05) is 33.0 Å². The molecule has 1 amide bonds.